The summed E-state index contributed by atoms with van der Waals surface area (Å²) in [7, 11) is 1.66. The van der Waals surface area contributed by atoms with Crippen LogP contribution in [0.2, 0.25) is 0 Å². The van der Waals surface area contributed by atoms with Crippen molar-refractivity contribution < 1.29 is 9.47 Å². The van der Waals surface area contributed by atoms with Crippen molar-refractivity contribution in [3.8, 4) is 11.5 Å². The van der Waals surface area contributed by atoms with Gasteiger partial charge in [-0.2, -0.15) is 0 Å². The van der Waals surface area contributed by atoms with E-state index in [1.165, 1.54) is 11.1 Å². The van der Waals surface area contributed by atoms with E-state index in [0.29, 0.717) is 0 Å². The van der Waals surface area contributed by atoms with Crippen LogP contribution in [-0.2, 0) is 12.8 Å². The van der Waals surface area contributed by atoms with Crippen molar-refractivity contribution in [3.63, 3.8) is 0 Å². The van der Waals surface area contributed by atoms with Gasteiger partial charge in [0.1, 0.15) is 17.6 Å². The van der Waals surface area contributed by atoms with E-state index in [1.807, 2.05) is 30.3 Å². The predicted octanol–water partition coefficient (Wildman–Crippen LogP) is 3.33. The van der Waals surface area contributed by atoms with Crippen LogP contribution in [0.25, 0.3) is 0 Å². The Balaban J connectivity index is 1.68. The van der Waals surface area contributed by atoms with E-state index in [2.05, 4.69) is 28.1 Å². The minimum absolute atomic E-state index is 0.0299. The molecular weight excluding hydrogens is 330 g/mol. The highest BCUT2D eigenvalue weighted by molar-refractivity contribution is 9.10. The smallest absolute Gasteiger partial charge is 0.133 e. The summed E-state index contributed by atoms with van der Waals surface area (Å²) in [4.78, 5) is 0. The fraction of sp³-hybridized carbons (Fsp3) is 0.294. The van der Waals surface area contributed by atoms with Gasteiger partial charge in [0.2, 0.25) is 0 Å². The van der Waals surface area contributed by atoms with E-state index in [4.69, 9.17) is 15.2 Å². The van der Waals surface area contributed by atoms with Crippen LogP contribution in [0.15, 0.2) is 46.9 Å². The summed E-state index contributed by atoms with van der Waals surface area (Å²) in [6, 6.07) is 14.2. The first-order chi connectivity index (χ1) is 10.2. The lowest BCUT2D eigenvalue weighted by Gasteiger charge is -2.19. The third-order valence-electron chi connectivity index (χ3n) is 3.84. The number of hydrogen-bond acceptors (Lipinski definition) is 3. The van der Waals surface area contributed by atoms with Crippen molar-refractivity contribution in [2.75, 3.05) is 7.11 Å². The van der Waals surface area contributed by atoms with Gasteiger partial charge in [-0.1, -0.05) is 24.3 Å². The minimum atomic E-state index is -0.0299. The Labute approximate surface area is 133 Å². The molecular formula is C17H18BrNO2. The lowest BCUT2D eigenvalue weighted by Crippen LogP contribution is -2.39. The summed E-state index contributed by atoms with van der Waals surface area (Å²) in [5, 5.41) is 0. The average Bonchev–Trinajstić information content (AvgIpc) is 2.91. The molecule has 3 nitrogen and oxygen atoms in total. The molecule has 0 radical (unpaired) electrons. The number of ether oxygens (including phenoxy) is 2. The molecule has 2 unspecified atom stereocenters. The Kier molecular flexibility index (Phi) is 4.17. The second-order valence-electron chi connectivity index (χ2n) is 5.31. The molecule has 0 aromatic heterocycles. The first kappa shape index (κ1) is 14.4. The van der Waals surface area contributed by atoms with Crippen molar-refractivity contribution in [2.45, 2.75) is 25.0 Å². The van der Waals surface area contributed by atoms with Crippen molar-refractivity contribution >= 4 is 15.9 Å². The highest BCUT2D eigenvalue weighted by Gasteiger charge is 2.27. The highest BCUT2D eigenvalue weighted by atomic mass is 79.9. The van der Waals surface area contributed by atoms with E-state index in [1.54, 1.807) is 7.11 Å². The largest absolute Gasteiger partial charge is 0.496 e. The number of nitrogens with two attached hydrogens (primary N) is 1. The van der Waals surface area contributed by atoms with E-state index >= 15 is 0 Å². The number of para-hydroxylation sites is 1. The molecule has 0 saturated carbocycles. The molecule has 0 fully saturated rings. The quantitative estimate of drug-likeness (QED) is 0.922. The molecule has 1 aliphatic rings. The Bertz CT molecular complexity index is 619. The van der Waals surface area contributed by atoms with Gasteiger partial charge in [0.05, 0.1) is 11.6 Å². The van der Waals surface area contributed by atoms with Gasteiger partial charge < -0.3 is 15.2 Å². The molecule has 110 valence electrons. The molecule has 2 N–H and O–H groups in total. The third kappa shape index (κ3) is 3.06. The van der Waals surface area contributed by atoms with Crippen LogP contribution in [0, 0.1) is 0 Å². The summed E-state index contributed by atoms with van der Waals surface area (Å²) in [5.74, 6) is 1.80. The number of methoxy groups -OCH3 is 1. The molecule has 0 amide bonds. The van der Waals surface area contributed by atoms with Gasteiger partial charge >= 0.3 is 0 Å². The molecule has 0 spiro atoms. The van der Waals surface area contributed by atoms with Crippen molar-refractivity contribution in [1.29, 1.82) is 0 Å². The van der Waals surface area contributed by atoms with Crippen molar-refractivity contribution in [1.82, 2.24) is 0 Å². The summed E-state index contributed by atoms with van der Waals surface area (Å²) in [5.41, 5.74) is 8.76. The Morgan fingerprint density at radius 2 is 2.14 bits per heavy atom. The molecule has 0 saturated heterocycles. The van der Waals surface area contributed by atoms with Crippen LogP contribution in [0.3, 0.4) is 0 Å². The molecule has 2 atom stereocenters. The topological polar surface area (TPSA) is 44.5 Å². The van der Waals surface area contributed by atoms with Crippen LogP contribution >= 0.6 is 15.9 Å². The second-order valence-corrected chi connectivity index (χ2v) is 6.16. The normalized spacial score (nSPS) is 18.0. The van der Waals surface area contributed by atoms with Crippen LogP contribution in [-0.4, -0.2) is 19.3 Å². The molecule has 1 aliphatic heterocycles. The third-order valence-corrected chi connectivity index (χ3v) is 4.46. The molecule has 0 bridgehead atoms. The maximum Gasteiger partial charge on any atom is 0.133 e. The van der Waals surface area contributed by atoms with Crippen LogP contribution in [0.5, 0.6) is 11.5 Å². The zero-order valence-corrected chi connectivity index (χ0v) is 13.5. The summed E-state index contributed by atoms with van der Waals surface area (Å²) in [6.07, 6.45) is 1.71. The van der Waals surface area contributed by atoms with E-state index in [-0.39, 0.29) is 12.1 Å². The fourth-order valence-electron chi connectivity index (χ4n) is 2.69. The number of fused-ring (bicyclic) bond motifs is 1. The standard InChI is InChI=1S/C17H18BrNO2/c1-20-16-7-6-11(8-13(16)18)9-14(19)17-10-12-4-2-3-5-15(12)21-17/h2-8,14,17H,9-10,19H2,1H3. The van der Waals surface area contributed by atoms with Crippen LogP contribution in [0.4, 0.5) is 0 Å². The Morgan fingerprint density at radius 1 is 1.33 bits per heavy atom. The number of benzene rings is 2. The number of halogens is 1. The zero-order valence-electron chi connectivity index (χ0n) is 11.9. The lowest BCUT2D eigenvalue weighted by molar-refractivity contribution is 0.198. The zero-order chi connectivity index (χ0) is 14.8. The summed E-state index contributed by atoms with van der Waals surface area (Å²) < 4.78 is 12.1. The molecule has 4 heteroatoms. The maximum absolute atomic E-state index is 6.34. The number of hydrogen-bond donors (Lipinski definition) is 1. The lowest BCUT2D eigenvalue weighted by atomic mass is 9.98. The average molecular weight is 348 g/mol. The first-order valence-electron chi connectivity index (χ1n) is 7.00. The molecule has 21 heavy (non-hydrogen) atoms. The SMILES string of the molecule is COc1ccc(CC(N)C2Cc3ccccc3O2)cc1Br. The maximum atomic E-state index is 6.34. The van der Waals surface area contributed by atoms with E-state index < -0.39 is 0 Å². The van der Waals surface area contributed by atoms with E-state index in [0.717, 1.165) is 28.8 Å². The number of rotatable bonds is 4. The molecule has 2 aromatic carbocycles. The highest BCUT2D eigenvalue weighted by Crippen LogP contribution is 2.30. The van der Waals surface area contributed by atoms with Gasteiger partial charge in [-0.3, -0.25) is 0 Å². The first-order valence-corrected chi connectivity index (χ1v) is 7.79. The monoisotopic (exact) mass is 347 g/mol. The molecule has 1 heterocycles. The molecule has 3 rings (SSSR count). The van der Waals surface area contributed by atoms with Crippen LogP contribution in [0.1, 0.15) is 11.1 Å². The van der Waals surface area contributed by atoms with Crippen molar-refractivity contribution in [3.05, 3.63) is 58.1 Å². The van der Waals surface area contributed by atoms with Gasteiger partial charge in [-0.15, -0.1) is 0 Å². The second kappa shape index (κ2) is 6.08. The molecule has 2 aromatic rings. The van der Waals surface area contributed by atoms with Crippen LogP contribution < -0.4 is 15.2 Å². The van der Waals surface area contributed by atoms with E-state index in [9.17, 15) is 0 Å². The fourth-order valence-corrected chi connectivity index (χ4v) is 3.28. The van der Waals surface area contributed by atoms with Gasteiger partial charge in [0, 0.05) is 12.5 Å². The van der Waals surface area contributed by atoms with Gasteiger partial charge in [0.15, 0.2) is 0 Å². The van der Waals surface area contributed by atoms with Gasteiger partial charge in [-0.05, 0) is 51.7 Å². The van der Waals surface area contributed by atoms with Gasteiger partial charge in [-0.25, -0.2) is 0 Å². The van der Waals surface area contributed by atoms with Gasteiger partial charge in [0.25, 0.3) is 0 Å². The predicted molar refractivity (Wildman–Crippen MR) is 86.9 cm³/mol. The summed E-state index contributed by atoms with van der Waals surface area (Å²) >= 11 is 3.51. The summed E-state index contributed by atoms with van der Waals surface area (Å²) in [6.45, 7) is 0. The minimum Gasteiger partial charge on any atom is -0.496 e. The Hall–Kier alpha value is -1.52. The Morgan fingerprint density at radius 3 is 2.86 bits per heavy atom. The molecule has 0 aliphatic carbocycles. The van der Waals surface area contributed by atoms with Crippen molar-refractivity contribution in [2.24, 2.45) is 5.73 Å².